The molecule has 1 aliphatic rings. The smallest absolute Gasteiger partial charge is 0.309 e. The summed E-state index contributed by atoms with van der Waals surface area (Å²) in [5, 5.41) is 15.6. The van der Waals surface area contributed by atoms with E-state index in [9.17, 15) is 9.90 Å². The molecule has 8 heteroatoms. The molecule has 4 unspecified atom stereocenters. The van der Waals surface area contributed by atoms with E-state index in [-0.39, 0.29) is 23.7 Å². The van der Waals surface area contributed by atoms with E-state index >= 15 is 0 Å². The highest BCUT2D eigenvalue weighted by atomic mass is 32.1. The van der Waals surface area contributed by atoms with Crippen LogP contribution in [0.4, 0.5) is 11.6 Å². The van der Waals surface area contributed by atoms with Gasteiger partial charge in [-0.2, -0.15) is 0 Å². The molecule has 180 valence electrons. The maximum Gasteiger partial charge on any atom is 0.309 e. The summed E-state index contributed by atoms with van der Waals surface area (Å²) in [4.78, 5) is 26.7. The molecule has 0 spiro atoms. The van der Waals surface area contributed by atoms with Gasteiger partial charge in [0.1, 0.15) is 10.6 Å². The molecule has 0 aliphatic heterocycles. The van der Waals surface area contributed by atoms with Crippen LogP contribution in [0.1, 0.15) is 49.9 Å². The number of thiazole rings is 1. The molecule has 0 radical (unpaired) electrons. The third kappa shape index (κ3) is 4.98. The van der Waals surface area contributed by atoms with Gasteiger partial charge in [-0.15, -0.1) is 11.3 Å². The number of rotatable bonds is 6. The summed E-state index contributed by atoms with van der Waals surface area (Å²) in [7, 11) is 0. The van der Waals surface area contributed by atoms with Crippen LogP contribution >= 0.6 is 11.3 Å². The number of ether oxygens (including phenoxy) is 1. The van der Waals surface area contributed by atoms with Gasteiger partial charge in [0.15, 0.2) is 0 Å². The molecule has 2 heterocycles. The Bertz CT molecular complexity index is 1180. The van der Waals surface area contributed by atoms with Crippen molar-refractivity contribution in [2.24, 2.45) is 17.8 Å². The van der Waals surface area contributed by atoms with Crippen molar-refractivity contribution in [2.75, 3.05) is 11.9 Å². The minimum absolute atomic E-state index is 0.0108. The Hall–Kier alpha value is -2.84. The summed E-state index contributed by atoms with van der Waals surface area (Å²) in [6, 6.07) is 8.06. The van der Waals surface area contributed by atoms with Crippen molar-refractivity contribution in [1.29, 1.82) is 0 Å². The number of aromatic nitrogens is 3. The van der Waals surface area contributed by atoms with Crippen molar-refractivity contribution < 1.29 is 14.6 Å². The van der Waals surface area contributed by atoms with Crippen LogP contribution in [0.25, 0.3) is 10.4 Å². The zero-order chi connectivity index (χ0) is 24.5. The van der Waals surface area contributed by atoms with E-state index < -0.39 is 5.60 Å². The molecule has 34 heavy (non-hydrogen) atoms. The van der Waals surface area contributed by atoms with E-state index in [1.54, 1.807) is 6.20 Å². The number of nitrogens with one attached hydrogen (secondary N) is 1. The van der Waals surface area contributed by atoms with Crippen molar-refractivity contribution >= 4 is 28.9 Å². The zero-order valence-corrected chi connectivity index (χ0v) is 21.1. The topological polar surface area (TPSA) is 97.2 Å². The monoisotopic (exact) mass is 480 g/mol. The van der Waals surface area contributed by atoms with E-state index in [1.807, 2.05) is 59.0 Å². The molecule has 1 aromatic carbocycles. The van der Waals surface area contributed by atoms with Crippen LogP contribution < -0.4 is 5.32 Å². The number of aliphatic hydroxyl groups is 1. The summed E-state index contributed by atoms with van der Waals surface area (Å²) >= 11 is 1.51. The fraction of sp³-hybridized carbons (Fsp3) is 0.462. The maximum atomic E-state index is 12.4. The van der Waals surface area contributed by atoms with Crippen LogP contribution in [0.5, 0.6) is 0 Å². The van der Waals surface area contributed by atoms with Gasteiger partial charge in [0, 0.05) is 23.8 Å². The van der Waals surface area contributed by atoms with Crippen molar-refractivity contribution in [3.8, 4) is 10.4 Å². The van der Waals surface area contributed by atoms with E-state index in [2.05, 4.69) is 26.3 Å². The largest absolute Gasteiger partial charge is 0.466 e. The molecule has 1 aliphatic carbocycles. The van der Waals surface area contributed by atoms with Gasteiger partial charge in [-0.3, -0.25) is 4.79 Å². The number of hydrogen-bond acceptors (Lipinski definition) is 8. The number of aryl methyl sites for hydroxylation is 2. The first-order chi connectivity index (χ1) is 16.2. The van der Waals surface area contributed by atoms with Crippen molar-refractivity contribution in [1.82, 2.24) is 15.0 Å². The highest BCUT2D eigenvalue weighted by Crippen LogP contribution is 2.48. The lowest BCUT2D eigenvalue weighted by atomic mass is 9.67. The standard InChI is InChI=1S/C26H32N4O3S/c1-6-33-23(31)21-11-17(4)26(32,13-16(21)3)24-28-14-22(34-24)19-9-15(2)10-20(12-19)30-25-27-8-7-18(5)29-25/h7-10,12,14,16-17,21,32H,6,11,13H2,1-5H3,(H,27,29,30). The van der Waals surface area contributed by atoms with Gasteiger partial charge in [0.05, 0.1) is 17.4 Å². The molecule has 4 rings (SSSR count). The summed E-state index contributed by atoms with van der Waals surface area (Å²) in [6.45, 7) is 10.2. The first-order valence-corrected chi connectivity index (χ1v) is 12.5. The molecule has 2 aromatic heterocycles. The minimum Gasteiger partial charge on any atom is -0.466 e. The second-order valence-electron chi connectivity index (χ2n) is 9.36. The van der Waals surface area contributed by atoms with Gasteiger partial charge >= 0.3 is 5.97 Å². The average Bonchev–Trinajstić information content (AvgIpc) is 3.27. The Morgan fingerprint density at radius 3 is 2.79 bits per heavy atom. The Morgan fingerprint density at radius 1 is 1.26 bits per heavy atom. The Morgan fingerprint density at radius 2 is 2.06 bits per heavy atom. The first-order valence-electron chi connectivity index (χ1n) is 11.7. The molecule has 1 saturated carbocycles. The number of carbonyl (C=O) groups excluding carboxylic acids is 1. The third-order valence-electron chi connectivity index (χ3n) is 6.62. The predicted octanol–water partition coefficient (Wildman–Crippen LogP) is 5.39. The molecule has 0 bridgehead atoms. The Balaban J connectivity index is 1.57. The molecular formula is C26H32N4O3S. The normalized spacial score (nSPS) is 24.6. The number of benzene rings is 1. The molecule has 0 amide bonds. The first kappa shape index (κ1) is 24.3. The second kappa shape index (κ2) is 9.80. The predicted molar refractivity (Wildman–Crippen MR) is 134 cm³/mol. The van der Waals surface area contributed by atoms with Gasteiger partial charge in [-0.05, 0) is 74.8 Å². The van der Waals surface area contributed by atoms with E-state index in [4.69, 9.17) is 4.74 Å². The van der Waals surface area contributed by atoms with Gasteiger partial charge in [-0.1, -0.05) is 19.9 Å². The lowest BCUT2D eigenvalue weighted by Gasteiger charge is -2.42. The maximum absolute atomic E-state index is 12.4. The lowest BCUT2D eigenvalue weighted by molar-refractivity contribution is -0.158. The van der Waals surface area contributed by atoms with Crippen LogP contribution in [0.3, 0.4) is 0 Å². The van der Waals surface area contributed by atoms with Crippen LogP contribution in [0.15, 0.2) is 36.7 Å². The average molecular weight is 481 g/mol. The number of carbonyl (C=O) groups is 1. The van der Waals surface area contributed by atoms with Crippen LogP contribution in [-0.4, -0.2) is 32.6 Å². The zero-order valence-electron chi connectivity index (χ0n) is 20.3. The molecule has 2 N–H and O–H groups in total. The van der Waals surface area contributed by atoms with E-state index in [0.717, 1.165) is 27.4 Å². The summed E-state index contributed by atoms with van der Waals surface area (Å²) in [6.07, 6.45) is 4.63. The van der Waals surface area contributed by atoms with Crippen LogP contribution in [0, 0.1) is 31.6 Å². The van der Waals surface area contributed by atoms with Gasteiger partial charge in [0.25, 0.3) is 0 Å². The summed E-state index contributed by atoms with van der Waals surface area (Å²) < 4.78 is 5.26. The van der Waals surface area contributed by atoms with E-state index in [1.165, 1.54) is 11.3 Å². The summed E-state index contributed by atoms with van der Waals surface area (Å²) in [5.74, 6) is 0.101. The lowest BCUT2D eigenvalue weighted by Crippen LogP contribution is -2.45. The highest BCUT2D eigenvalue weighted by molar-refractivity contribution is 7.15. The Kier molecular flexibility index (Phi) is 7.00. The molecule has 4 atom stereocenters. The Labute approximate surface area is 204 Å². The minimum atomic E-state index is -1.06. The number of anilines is 2. The molecule has 1 fully saturated rings. The fourth-order valence-electron chi connectivity index (χ4n) is 4.76. The molecular weight excluding hydrogens is 448 g/mol. The number of esters is 1. The van der Waals surface area contributed by atoms with Crippen LogP contribution in [0.2, 0.25) is 0 Å². The number of hydrogen-bond donors (Lipinski definition) is 2. The van der Waals surface area contributed by atoms with E-state index in [0.29, 0.717) is 30.4 Å². The quantitative estimate of drug-likeness (QED) is 0.456. The third-order valence-corrected chi connectivity index (χ3v) is 7.83. The highest BCUT2D eigenvalue weighted by Gasteiger charge is 2.48. The van der Waals surface area contributed by atoms with Crippen LogP contribution in [-0.2, 0) is 15.1 Å². The summed E-state index contributed by atoms with van der Waals surface area (Å²) in [5.41, 5.74) is 2.84. The molecule has 0 saturated heterocycles. The van der Waals surface area contributed by atoms with Gasteiger partial charge < -0.3 is 15.2 Å². The molecule has 7 nitrogen and oxygen atoms in total. The molecule has 3 aromatic rings. The van der Waals surface area contributed by atoms with Gasteiger partial charge in [-0.25, -0.2) is 15.0 Å². The van der Waals surface area contributed by atoms with Gasteiger partial charge in [0.2, 0.25) is 5.95 Å². The second-order valence-corrected chi connectivity index (χ2v) is 10.4. The SMILES string of the molecule is CCOC(=O)C1CC(C)C(O)(c2ncc(-c3cc(C)cc(Nc4nccc(C)n4)c3)s2)CC1C. The van der Waals surface area contributed by atoms with Crippen molar-refractivity contribution in [2.45, 2.75) is 53.1 Å². The number of nitrogens with zero attached hydrogens (tertiary/aromatic N) is 3. The van der Waals surface area contributed by atoms with Crippen molar-refractivity contribution in [3.63, 3.8) is 0 Å². The van der Waals surface area contributed by atoms with Crippen molar-refractivity contribution in [3.05, 3.63) is 52.9 Å². The fourth-order valence-corrected chi connectivity index (χ4v) is 5.88.